The van der Waals surface area contributed by atoms with Crippen LogP contribution in [0.15, 0.2) is 39.8 Å². The van der Waals surface area contributed by atoms with E-state index < -0.39 is 44.8 Å². The van der Waals surface area contributed by atoms with Crippen molar-refractivity contribution < 1.29 is 21.8 Å². The molecule has 0 amide bonds. The monoisotopic (exact) mass is 577 g/mol. The van der Waals surface area contributed by atoms with Crippen LogP contribution in [0.1, 0.15) is 74.6 Å². The van der Waals surface area contributed by atoms with Crippen molar-refractivity contribution in [2.45, 2.75) is 69.6 Å². The Morgan fingerprint density at radius 1 is 1.12 bits per heavy atom. The summed E-state index contributed by atoms with van der Waals surface area (Å²) >= 11 is 0. The Bertz CT molecular complexity index is 1660. The topological polar surface area (TPSA) is 89.2 Å². The lowest BCUT2D eigenvalue weighted by atomic mass is 9.69. The third-order valence-electron chi connectivity index (χ3n) is 8.65. The smallest absolute Gasteiger partial charge is 0.266 e. The van der Waals surface area contributed by atoms with Gasteiger partial charge in [-0.3, -0.25) is 9.36 Å². The maximum absolute atomic E-state index is 16.5. The van der Waals surface area contributed by atoms with Gasteiger partial charge in [0.15, 0.2) is 0 Å². The van der Waals surface area contributed by atoms with Crippen LogP contribution in [-0.2, 0) is 22.4 Å². The quantitative estimate of drug-likeness (QED) is 0.366. The van der Waals surface area contributed by atoms with E-state index in [9.17, 15) is 22.2 Å². The Balaban J connectivity index is 1.29. The van der Waals surface area contributed by atoms with Gasteiger partial charge in [-0.2, -0.15) is 0 Å². The van der Waals surface area contributed by atoms with Crippen LogP contribution in [0.2, 0.25) is 0 Å². The van der Waals surface area contributed by atoms with Gasteiger partial charge in [0.1, 0.15) is 29.3 Å². The van der Waals surface area contributed by atoms with Crippen molar-refractivity contribution in [3.63, 3.8) is 0 Å². The number of nitrogens with one attached hydrogen (secondary N) is 1. The Morgan fingerprint density at radius 2 is 1.80 bits per heavy atom. The predicted molar refractivity (Wildman–Crippen MR) is 145 cm³/mol. The van der Waals surface area contributed by atoms with Crippen molar-refractivity contribution in [1.82, 2.24) is 14.5 Å². The van der Waals surface area contributed by atoms with Gasteiger partial charge in [0, 0.05) is 33.8 Å². The fraction of sp³-hybridized carbons (Fsp3) is 0.536. The van der Waals surface area contributed by atoms with Gasteiger partial charge in [-0.05, 0) is 56.9 Å². The second kappa shape index (κ2) is 9.53. The van der Waals surface area contributed by atoms with E-state index in [4.69, 9.17) is 0 Å². The molecule has 3 heterocycles. The first-order valence-corrected chi connectivity index (χ1v) is 15.4. The molecule has 214 valence electrons. The van der Waals surface area contributed by atoms with Gasteiger partial charge in [0.05, 0.1) is 28.6 Å². The van der Waals surface area contributed by atoms with Crippen molar-refractivity contribution in [2.75, 3.05) is 16.8 Å². The van der Waals surface area contributed by atoms with E-state index in [1.54, 1.807) is 6.92 Å². The molecule has 3 aliphatic rings. The maximum Gasteiger partial charge on any atom is 0.266 e. The Labute approximate surface area is 229 Å². The molecule has 0 bridgehead atoms. The zero-order valence-corrected chi connectivity index (χ0v) is 23.1. The molecule has 3 fully saturated rings. The van der Waals surface area contributed by atoms with Crippen molar-refractivity contribution in [3.05, 3.63) is 63.5 Å². The normalized spacial score (nSPS) is 29.0. The minimum absolute atomic E-state index is 0.00328. The summed E-state index contributed by atoms with van der Waals surface area (Å²) in [5, 5.41) is 3.41. The highest BCUT2D eigenvalue weighted by atomic mass is 32.2. The first kappa shape index (κ1) is 27.2. The zero-order chi connectivity index (χ0) is 28.4. The number of hydrogen-bond acceptors (Lipinski definition) is 6. The zero-order valence-electron chi connectivity index (χ0n) is 22.3. The fourth-order valence-corrected chi connectivity index (χ4v) is 9.54. The van der Waals surface area contributed by atoms with Crippen LogP contribution < -0.4 is 10.9 Å². The number of rotatable bonds is 6. The first-order chi connectivity index (χ1) is 18.9. The molecule has 1 aliphatic heterocycles. The van der Waals surface area contributed by atoms with Gasteiger partial charge in [0.2, 0.25) is 0 Å². The molecule has 1 N–H and O–H groups in total. The lowest BCUT2D eigenvalue weighted by molar-refractivity contribution is 0.0481. The average molecular weight is 578 g/mol. The van der Waals surface area contributed by atoms with Gasteiger partial charge in [-0.1, -0.05) is 18.2 Å². The van der Waals surface area contributed by atoms with Gasteiger partial charge < -0.3 is 5.32 Å². The summed E-state index contributed by atoms with van der Waals surface area (Å²) in [4.78, 5) is 21.8. The van der Waals surface area contributed by atoms with Gasteiger partial charge in [-0.25, -0.2) is 36.1 Å². The lowest BCUT2D eigenvalue weighted by Crippen LogP contribution is -2.52. The average Bonchev–Trinajstić information content (AvgIpc) is 3.71. The van der Waals surface area contributed by atoms with E-state index in [0.29, 0.717) is 29.7 Å². The summed E-state index contributed by atoms with van der Waals surface area (Å²) in [7, 11) is -0.678. The maximum atomic E-state index is 16.5. The highest BCUT2D eigenvalue weighted by Gasteiger charge is 2.53. The molecule has 0 radical (unpaired) electrons. The van der Waals surface area contributed by atoms with Crippen LogP contribution in [0, 0.1) is 11.2 Å². The molecule has 1 atom stereocenters. The van der Waals surface area contributed by atoms with E-state index in [1.807, 2.05) is 0 Å². The molecule has 3 aromatic rings. The SMILES string of the molecule is C[C@@H](Nc1ncnc2c1cc(C1(F)CCC3(CC1)CS(=O)(=NC1CC1)C3)c(=O)n2C)c1cccc(C(F)F)c1F. The molecule has 1 saturated heterocycles. The molecule has 2 aromatic heterocycles. The number of nitrogens with zero attached hydrogens (tertiary/aromatic N) is 4. The molecule has 1 spiro atoms. The van der Waals surface area contributed by atoms with Crippen LogP contribution in [0.4, 0.5) is 23.4 Å². The van der Waals surface area contributed by atoms with Crippen LogP contribution in [-0.4, -0.2) is 36.3 Å². The summed E-state index contributed by atoms with van der Waals surface area (Å²) < 4.78 is 76.5. The molecular weight excluding hydrogens is 546 g/mol. The van der Waals surface area contributed by atoms with E-state index in [2.05, 4.69) is 19.6 Å². The second-order valence-corrected chi connectivity index (χ2v) is 14.0. The van der Waals surface area contributed by atoms with Crippen LogP contribution >= 0.6 is 0 Å². The number of halogens is 4. The Kier molecular flexibility index (Phi) is 6.47. The fourth-order valence-electron chi connectivity index (χ4n) is 6.23. The third kappa shape index (κ3) is 4.67. The highest BCUT2D eigenvalue weighted by Crippen LogP contribution is 2.53. The number of aryl methyl sites for hydroxylation is 1. The van der Waals surface area contributed by atoms with Crippen molar-refractivity contribution >= 4 is 26.6 Å². The first-order valence-electron chi connectivity index (χ1n) is 13.5. The summed E-state index contributed by atoms with van der Waals surface area (Å²) in [5.41, 5.74) is -2.97. The molecule has 7 nitrogen and oxygen atoms in total. The number of fused-ring (bicyclic) bond motifs is 1. The largest absolute Gasteiger partial charge is 0.363 e. The van der Waals surface area contributed by atoms with Crippen molar-refractivity contribution in [2.24, 2.45) is 16.8 Å². The lowest BCUT2D eigenvalue weighted by Gasteiger charge is -2.49. The van der Waals surface area contributed by atoms with Crippen LogP contribution in [0.5, 0.6) is 0 Å². The van der Waals surface area contributed by atoms with Crippen molar-refractivity contribution in [1.29, 1.82) is 0 Å². The number of aromatic nitrogens is 3. The minimum atomic E-state index is -2.96. The Hall–Kier alpha value is -3.02. The molecule has 40 heavy (non-hydrogen) atoms. The standard InChI is InChI=1S/C28H31F4N5O2S/c1-16(18-4-3-5-19(22(18)29)23(30)31)35-24-20-12-21(26(38)37(2)25(20)34-15-33-24)28(32)10-8-27(9-11-28)13-40(39,14-27)36-17-6-7-17/h3-5,12,15-17,23H,6-11,13-14H2,1-2H3,(H,33,34,35)/t16-,27?,28?,40?/m1/s1. The van der Waals surface area contributed by atoms with Crippen LogP contribution in [0.3, 0.4) is 0 Å². The molecule has 1 aromatic carbocycles. The molecular formula is C28H31F4N5O2S. The summed E-state index contributed by atoms with van der Waals surface area (Å²) in [5.74, 6) is 0.233. The van der Waals surface area contributed by atoms with Gasteiger partial charge in [-0.15, -0.1) is 0 Å². The third-order valence-corrected chi connectivity index (χ3v) is 11.5. The minimum Gasteiger partial charge on any atom is -0.363 e. The van der Waals surface area contributed by atoms with E-state index >= 15 is 4.39 Å². The number of benzene rings is 1. The summed E-state index contributed by atoms with van der Waals surface area (Å²) in [6.45, 7) is 1.61. The highest BCUT2D eigenvalue weighted by molar-refractivity contribution is 7.95. The van der Waals surface area contributed by atoms with Crippen molar-refractivity contribution in [3.8, 4) is 0 Å². The van der Waals surface area contributed by atoms with Gasteiger partial charge >= 0.3 is 0 Å². The molecule has 2 aliphatic carbocycles. The molecule has 2 saturated carbocycles. The van der Waals surface area contributed by atoms with Crippen LogP contribution in [0.25, 0.3) is 11.0 Å². The number of anilines is 1. The molecule has 12 heteroatoms. The number of hydrogen-bond donors (Lipinski definition) is 1. The van der Waals surface area contributed by atoms with E-state index in [1.165, 1.54) is 36.1 Å². The number of pyridine rings is 1. The van der Waals surface area contributed by atoms with E-state index in [-0.39, 0.29) is 46.9 Å². The van der Waals surface area contributed by atoms with Gasteiger partial charge in [0.25, 0.3) is 12.0 Å². The summed E-state index contributed by atoms with van der Waals surface area (Å²) in [6, 6.07) is 4.74. The van der Waals surface area contributed by atoms with E-state index in [0.717, 1.165) is 18.9 Å². The second-order valence-electron chi connectivity index (χ2n) is 11.7. The number of alkyl halides is 3. The summed E-state index contributed by atoms with van der Waals surface area (Å²) in [6.07, 6.45) is 1.58. The molecule has 0 unspecified atom stereocenters. The molecule has 6 rings (SSSR count). The predicted octanol–water partition coefficient (Wildman–Crippen LogP) is 5.95. The Morgan fingerprint density at radius 3 is 2.45 bits per heavy atom.